The number of aryl methyl sites for hydroxylation is 1. The van der Waals surface area contributed by atoms with Crippen molar-refractivity contribution >= 4 is 11.6 Å². The van der Waals surface area contributed by atoms with Crippen LogP contribution in [0, 0.1) is 0 Å². The molecule has 0 aliphatic rings. The molecule has 0 bridgehead atoms. The van der Waals surface area contributed by atoms with E-state index < -0.39 is 0 Å². The lowest BCUT2D eigenvalue weighted by Gasteiger charge is -2.13. The van der Waals surface area contributed by atoms with Crippen LogP contribution in [0.15, 0.2) is 54.6 Å². The molecule has 2 aromatic carbocycles. The van der Waals surface area contributed by atoms with Gasteiger partial charge in [-0.15, -0.1) is 0 Å². The van der Waals surface area contributed by atoms with Crippen LogP contribution in [0.3, 0.4) is 0 Å². The van der Waals surface area contributed by atoms with E-state index in [4.69, 9.17) is 11.6 Å². The van der Waals surface area contributed by atoms with E-state index in [0.29, 0.717) is 5.92 Å². The molecule has 1 atom stereocenters. The highest BCUT2D eigenvalue weighted by Crippen LogP contribution is 2.27. The molecule has 0 aromatic heterocycles. The summed E-state index contributed by atoms with van der Waals surface area (Å²) < 4.78 is 0. The van der Waals surface area contributed by atoms with Gasteiger partial charge in [0, 0.05) is 5.02 Å². The number of benzene rings is 2. The molecule has 0 aliphatic heterocycles. The lowest BCUT2D eigenvalue weighted by Crippen LogP contribution is -1.97. The van der Waals surface area contributed by atoms with Crippen LogP contribution < -0.4 is 0 Å². The maximum Gasteiger partial charge on any atom is 0.0440 e. The molecule has 2 rings (SSSR count). The Labute approximate surface area is 108 Å². The number of halogens is 1. The third-order valence-electron chi connectivity index (χ3n) is 3.14. The quantitative estimate of drug-likeness (QED) is 0.704. The Morgan fingerprint density at radius 1 is 0.941 bits per heavy atom. The zero-order chi connectivity index (χ0) is 12.1. The van der Waals surface area contributed by atoms with Gasteiger partial charge in [-0.1, -0.05) is 67.1 Å². The molecule has 0 radical (unpaired) electrons. The van der Waals surface area contributed by atoms with Crippen LogP contribution >= 0.6 is 11.6 Å². The van der Waals surface area contributed by atoms with E-state index in [0.717, 1.165) is 17.9 Å². The van der Waals surface area contributed by atoms with Gasteiger partial charge in [-0.3, -0.25) is 0 Å². The van der Waals surface area contributed by atoms with Crippen LogP contribution in [0.4, 0.5) is 0 Å². The van der Waals surface area contributed by atoms with E-state index in [-0.39, 0.29) is 0 Å². The van der Waals surface area contributed by atoms with Gasteiger partial charge in [0.15, 0.2) is 0 Å². The minimum Gasteiger partial charge on any atom is -0.0840 e. The van der Waals surface area contributed by atoms with E-state index >= 15 is 0 Å². The molecule has 1 heteroatoms. The molecule has 0 saturated heterocycles. The normalized spacial score (nSPS) is 12.4. The molecule has 0 fully saturated rings. The molecule has 2 aromatic rings. The van der Waals surface area contributed by atoms with Gasteiger partial charge in [0.25, 0.3) is 0 Å². The first-order valence-corrected chi connectivity index (χ1v) is 6.43. The molecule has 17 heavy (non-hydrogen) atoms. The van der Waals surface area contributed by atoms with Crippen molar-refractivity contribution in [1.29, 1.82) is 0 Å². The summed E-state index contributed by atoms with van der Waals surface area (Å²) >= 11 is 6.20. The smallest absolute Gasteiger partial charge is 0.0440 e. The van der Waals surface area contributed by atoms with Crippen molar-refractivity contribution in [2.24, 2.45) is 0 Å². The fourth-order valence-corrected chi connectivity index (χ4v) is 2.38. The zero-order valence-corrected chi connectivity index (χ0v) is 10.8. The minimum absolute atomic E-state index is 0.504. The Balaban J connectivity index is 1.99. The van der Waals surface area contributed by atoms with Crippen LogP contribution in [0.1, 0.15) is 30.4 Å². The van der Waals surface area contributed by atoms with Crippen molar-refractivity contribution in [2.45, 2.75) is 25.7 Å². The van der Waals surface area contributed by atoms with Crippen molar-refractivity contribution in [3.63, 3.8) is 0 Å². The number of rotatable bonds is 4. The predicted molar refractivity (Wildman–Crippen MR) is 74.6 cm³/mol. The first-order valence-electron chi connectivity index (χ1n) is 6.05. The summed E-state index contributed by atoms with van der Waals surface area (Å²) in [6.45, 7) is 2.24. The Morgan fingerprint density at radius 3 is 2.29 bits per heavy atom. The molecule has 0 amide bonds. The van der Waals surface area contributed by atoms with E-state index in [2.05, 4.69) is 49.4 Å². The molecule has 0 aliphatic carbocycles. The average Bonchev–Trinajstić information content (AvgIpc) is 2.38. The summed E-state index contributed by atoms with van der Waals surface area (Å²) in [7, 11) is 0. The fourth-order valence-electron chi connectivity index (χ4n) is 2.06. The average molecular weight is 245 g/mol. The second-order valence-corrected chi connectivity index (χ2v) is 4.85. The molecular formula is C16H17Cl. The summed E-state index contributed by atoms with van der Waals surface area (Å²) in [5.41, 5.74) is 2.65. The Bertz CT molecular complexity index is 462. The number of hydrogen-bond donors (Lipinski definition) is 0. The van der Waals surface area contributed by atoms with Crippen molar-refractivity contribution in [3.05, 3.63) is 70.7 Å². The highest BCUT2D eigenvalue weighted by Gasteiger charge is 2.08. The molecule has 0 saturated carbocycles. The summed E-state index contributed by atoms with van der Waals surface area (Å²) in [6.07, 6.45) is 2.24. The highest BCUT2D eigenvalue weighted by molar-refractivity contribution is 6.31. The van der Waals surface area contributed by atoms with Crippen LogP contribution in [0.25, 0.3) is 0 Å². The van der Waals surface area contributed by atoms with Crippen LogP contribution in [0.5, 0.6) is 0 Å². The van der Waals surface area contributed by atoms with E-state index in [1.165, 1.54) is 11.1 Å². The zero-order valence-electron chi connectivity index (χ0n) is 10.1. The second-order valence-electron chi connectivity index (χ2n) is 4.45. The Morgan fingerprint density at radius 2 is 1.59 bits per heavy atom. The SMILES string of the molecule is CC(CCc1ccccc1)c1ccccc1Cl. The number of hydrogen-bond acceptors (Lipinski definition) is 0. The van der Waals surface area contributed by atoms with Gasteiger partial charge in [-0.2, -0.15) is 0 Å². The van der Waals surface area contributed by atoms with Gasteiger partial charge in [0.1, 0.15) is 0 Å². The van der Waals surface area contributed by atoms with Crippen molar-refractivity contribution in [3.8, 4) is 0 Å². The van der Waals surface area contributed by atoms with Crippen LogP contribution in [0.2, 0.25) is 5.02 Å². The van der Waals surface area contributed by atoms with Gasteiger partial charge >= 0.3 is 0 Å². The largest absolute Gasteiger partial charge is 0.0840 e. The summed E-state index contributed by atoms with van der Waals surface area (Å²) in [4.78, 5) is 0. The van der Waals surface area contributed by atoms with E-state index in [9.17, 15) is 0 Å². The van der Waals surface area contributed by atoms with Gasteiger partial charge in [0.05, 0.1) is 0 Å². The van der Waals surface area contributed by atoms with E-state index in [1.807, 2.05) is 12.1 Å². The summed E-state index contributed by atoms with van der Waals surface area (Å²) in [5, 5.41) is 0.882. The first kappa shape index (κ1) is 12.2. The molecule has 0 N–H and O–H groups in total. The molecule has 0 nitrogen and oxygen atoms in total. The maximum atomic E-state index is 6.20. The summed E-state index contributed by atoms with van der Waals surface area (Å²) in [5.74, 6) is 0.504. The van der Waals surface area contributed by atoms with Crippen LogP contribution in [-0.4, -0.2) is 0 Å². The molecule has 88 valence electrons. The Kier molecular flexibility index (Phi) is 4.22. The standard InChI is InChI=1S/C16H17Cl/c1-13(15-9-5-6-10-16(15)17)11-12-14-7-3-2-4-8-14/h2-10,13H,11-12H2,1H3. The lowest BCUT2D eigenvalue weighted by atomic mass is 9.94. The van der Waals surface area contributed by atoms with Crippen LogP contribution in [-0.2, 0) is 6.42 Å². The topological polar surface area (TPSA) is 0 Å². The minimum atomic E-state index is 0.504. The third kappa shape index (κ3) is 3.34. The fraction of sp³-hybridized carbons (Fsp3) is 0.250. The lowest BCUT2D eigenvalue weighted by molar-refractivity contribution is 0.680. The van der Waals surface area contributed by atoms with Crippen molar-refractivity contribution < 1.29 is 0 Å². The molecule has 0 spiro atoms. The highest BCUT2D eigenvalue weighted by atomic mass is 35.5. The molecule has 0 heterocycles. The molecule has 1 unspecified atom stereocenters. The summed E-state index contributed by atoms with van der Waals surface area (Å²) in [6, 6.07) is 18.7. The monoisotopic (exact) mass is 244 g/mol. The van der Waals surface area contributed by atoms with E-state index in [1.54, 1.807) is 0 Å². The second kappa shape index (κ2) is 5.88. The Hall–Kier alpha value is -1.27. The van der Waals surface area contributed by atoms with Gasteiger partial charge in [-0.05, 0) is 36.0 Å². The molecular weight excluding hydrogens is 228 g/mol. The van der Waals surface area contributed by atoms with Crippen molar-refractivity contribution in [2.75, 3.05) is 0 Å². The van der Waals surface area contributed by atoms with Gasteiger partial charge in [-0.25, -0.2) is 0 Å². The third-order valence-corrected chi connectivity index (χ3v) is 3.49. The first-order chi connectivity index (χ1) is 8.27. The van der Waals surface area contributed by atoms with Gasteiger partial charge in [0.2, 0.25) is 0 Å². The maximum absolute atomic E-state index is 6.20. The predicted octanol–water partition coefficient (Wildman–Crippen LogP) is 5.08. The van der Waals surface area contributed by atoms with Crippen molar-refractivity contribution in [1.82, 2.24) is 0 Å². The van der Waals surface area contributed by atoms with Gasteiger partial charge < -0.3 is 0 Å².